The number of anilines is 1. The summed E-state index contributed by atoms with van der Waals surface area (Å²) in [4.78, 5) is 14.2. The highest BCUT2D eigenvalue weighted by molar-refractivity contribution is 9.10. The van der Waals surface area contributed by atoms with Crippen LogP contribution in [0.25, 0.3) is 0 Å². The summed E-state index contributed by atoms with van der Waals surface area (Å²) in [6.07, 6.45) is 1.27. The zero-order valence-electron chi connectivity index (χ0n) is 8.74. The number of pyridine rings is 1. The maximum absolute atomic E-state index is 10.6. The Morgan fingerprint density at radius 3 is 2.67 bits per heavy atom. The van der Waals surface area contributed by atoms with E-state index in [0.717, 1.165) is 0 Å². The minimum Gasteiger partial charge on any atom is -0.367 e. The Morgan fingerprint density at radius 1 is 1.60 bits per heavy atom. The highest BCUT2D eigenvalue weighted by atomic mass is 79.9. The largest absolute Gasteiger partial charge is 0.367 e. The topological polar surface area (TPSA) is 68.1 Å². The average molecular weight is 274 g/mol. The molecule has 5 nitrogen and oxygen atoms in total. The zero-order chi connectivity index (χ0) is 11.6. The molecule has 0 atom stereocenters. The molecule has 1 aromatic rings. The van der Waals surface area contributed by atoms with Crippen molar-refractivity contribution in [2.45, 2.75) is 26.8 Å². The molecule has 0 aromatic carbocycles. The van der Waals surface area contributed by atoms with Crippen molar-refractivity contribution in [3.05, 3.63) is 26.3 Å². The Bertz CT molecular complexity index is 393. The molecule has 1 rings (SSSR count). The van der Waals surface area contributed by atoms with E-state index in [1.54, 1.807) is 6.92 Å². The van der Waals surface area contributed by atoms with Gasteiger partial charge >= 0.3 is 0 Å². The highest BCUT2D eigenvalue weighted by Crippen LogP contribution is 2.30. The van der Waals surface area contributed by atoms with Gasteiger partial charge in [0.2, 0.25) is 0 Å². The lowest BCUT2D eigenvalue weighted by Gasteiger charge is -2.11. The van der Waals surface area contributed by atoms with Crippen molar-refractivity contribution in [3.63, 3.8) is 0 Å². The molecule has 15 heavy (non-hydrogen) atoms. The Kier molecular flexibility index (Phi) is 3.62. The van der Waals surface area contributed by atoms with Crippen LogP contribution < -0.4 is 5.32 Å². The second kappa shape index (κ2) is 4.57. The van der Waals surface area contributed by atoms with Gasteiger partial charge in [-0.1, -0.05) is 0 Å². The molecule has 0 saturated carbocycles. The lowest BCUT2D eigenvalue weighted by molar-refractivity contribution is -0.385. The average Bonchev–Trinajstić information content (AvgIpc) is 2.12. The van der Waals surface area contributed by atoms with E-state index in [-0.39, 0.29) is 11.7 Å². The van der Waals surface area contributed by atoms with Crippen molar-refractivity contribution in [1.82, 2.24) is 4.98 Å². The number of nitro groups is 1. The summed E-state index contributed by atoms with van der Waals surface area (Å²) in [6.45, 7) is 5.64. The van der Waals surface area contributed by atoms with Crippen LogP contribution in [0.3, 0.4) is 0 Å². The van der Waals surface area contributed by atoms with Crippen LogP contribution in [0.4, 0.5) is 11.5 Å². The van der Waals surface area contributed by atoms with E-state index in [1.807, 2.05) is 13.8 Å². The van der Waals surface area contributed by atoms with E-state index in [9.17, 15) is 10.1 Å². The van der Waals surface area contributed by atoms with Crippen LogP contribution in [0, 0.1) is 17.0 Å². The molecular formula is C9H12BrN3O2. The predicted molar refractivity (Wildman–Crippen MR) is 62.1 cm³/mol. The normalized spacial score (nSPS) is 10.5. The van der Waals surface area contributed by atoms with E-state index >= 15 is 0 Å². The monoisotopic (exact) mass is 273 g/mol. The van der Waals surface area contributed by atoms with Crippen LogP contribution in [-0.2, 0) is 0 Å². The van der Waals surface area contributed by atoms with E-state index in [4.69, 9.17) is 0 Å². The van der Waals surface area contributed by atoms with Gasteiger partial charge in [-0.2, -0.15) is 0 Å². The third kappa shape index (κ3) is 2.65. The van der Waals surface area contributed by atoms with Crippen LogP contribution >= 0.6 is 15.9 Å². The Morgan fingerprint density at radius 2 is 2.20 bits per heavy atom. The maximum atomic E-state index is 10.6. The summed E-state index contributed by atoms with van der Waals surface area (Å²) >= 11 is 3.30. The first-order chi connectivity index (χ1) is 6.93. The van der Waals surface area contributed by atoms with Crippen molar-refractivity contribution < 1.29 is 4.92 Å². The predicted octanol–water partition coefficient (Wildman–Crippen LogP) is 2.88. The molecule has 0 aliphatic carbocycles. The summed E-state index contributed by atoms with van der Waals surface area (Å²) in [7, 11) is 0. The molecule has 82 valence electrons. The number of nitrogens with one attached hydrogen (secondary N) is 1. The minimum absolute atomic E-state index is 0.0242. The van der Waals surface area contributed by atoms with Gasteiger partial charge in [0.05, 0.1) is 9.40 Å². The number of aromatic nitrogens is 1. The number of nitrogens with zero attached hydrogens (tertiary/aromatic N) is 2. The fourth-order valence-corrected chi connectivity index (χ4v) is 1.55. The molecule has 6 heteroatoms. The molecule has 0 aliphatic heterocycles. The lowest BCUT2D eigenvalue weighted by Crippen LogP contribution is -2.12. The van der Waals surface area contributed by atoms with Crippen molar-refractivity contribution in [3.8, 4) is 0 Å². The fraction of sp³-hybridized carbons (Fsp3) is 0.444. The summed E-state index contributed by atoms with van der Waals surface area (Å²) < 4.78 is 0.644. The van der Waals surface area contributed by atoms with Gasteiger partial charge in [-0.3, -0.25) is 10.1 Å². The van der Waals surface area contributed by atoms with Gasteiger partial charge in [0, 0.05) is 11.6 Å². The van der Waals surface area contributed by atoms with Crippen LogP contribution in [0.1, 0.15) is 19.4 Å². The number of hydrogen-bond acceptors (Lipinski definition) is 4. The van der Waals surface area contributed by atoms with Gasteiger partial charge in [0.15, 0.2) is 0 Å². The Balaban J connectivity index is 3.15. The molecule has 0 spiro atoms. The van der Waals surface area contributed by atoms with Gasteiger partial charge in [-0.25, -0.2) is 4.98 Å². The van der Waals surface area contributed by atoms with Gasteiger partial charge in [-0.05, 0) is 36.7 Å². The summed E-state index contributed by atoms with van der Waals surface area (Å²) in [6, 6.07) is 0.231. The van der Waals surface area contributed by atoms with Crippen molar-refractivity contribution >= 4 is 27.4 Å². The third-order valence-electron chi connectivity index (χ3n) is 1.86. The van der Waals surface area contributed by atoms with Gasteiger partial charge in [0.25, 0.3) is 5.69 Å². The van der Waals surface area contributed by atoms with E-state index < -0.39 is 4.92 Å². The molecular weight excluding hydrogens is 262 g/mol. The second-order valence-electron chi connectivity index (χ2n) is 3.49. The molecule has 1 aromatic heterocycles. The highest BCUT2D eigenvalue weighted by Gasteiger charge is 2.17. The first kappa shape index (κ1) is 11.9. The molecule has 0 unspecified atom stereocenters. The molecule has 0 radical (unpaired) electrons. The number of rotatable bonds is 3. The lowest BCUT2D eigenvalue weighted by atomic mass is 10.2. The van der Waals surface area contributed by atoms with Gasteiger partial charge in [-0.15, -0.1) is 0 Å². The van der Waals surface area contributed by atoms with E-state index in [2.05, 4.69) is 26.2 Å². The summed E-state index contributed by atoms with van der Waals surface area (Å²) in [5.41, 5.74) is 0.606. The van der Waals surface area contributed by atoms with Gasteiger partial charge in [0.1, 0.15) is 12.0 Å². The van der Waals surface area contributed by atoms with Crippen molar-refractivity contribution in [1.29, 1.82) is 0 Å². The van der Waals surface area contributed by atoms with Crippen LogP contribution in [-0.4, -0.2) is 15.9 Å². The van der Waals surface area contributed by atoms with Crippen molar-refractivity contribution in [2.75, 3.05) is 5.32 Å². The molecule has 1 N–H and O–H groups in total. The standard InChI is InChI=1S/C9H12BrN3O2/c1-5(2)12-9-8(10)6(3)7(4-11-9)13(14)15/h4-5H,1-3H3,(H,11,12). The second-order valence-corrected chi connectivity index (χ2v) is 4.28. The molecule has 0 bridgehead atoms. The summed E-state index contributed by atoms with van der Waals surface area (Å²) in [5, 5.41) is 13.7. The van der Waals surface area contributed by atoms with E-state index in [1.165, 1.54) is 6.20 Å². The summed E-state index contributed by atoms with van der Waals surface area (Å²) in [5.74, 6) is 0.633. The minimum atomic E-state index is -0.438. The zero-order valence-corrected chi connectivity index (χ0v) is 10.3. The Hall–Kier alpha value is -1.17. The van der Waals surface area contributed by atoms with Crippen LogP contribution in [0.15, 0.2) is 10.7 Å². The third-order valence-corrected chi connectivity index (χ3v) is 2.83. The fourth-order valence-electron chi connectivity index (χ4n) is 1.13. The van der Waals surface area contributed by atoms with E-state index in [0.29, 0.717) is 15.9 Å². The molecule has 0 amide bonds. The van der Waals surface area contributed by atoms with Crippen LogP contribution in [0.2, 0.25) is 0 Å². The SMILES string of the molecule is Cc1c([N+](=O)[O-])cnc(NC(C)C)c1Br. The van der Waals surface area contributed by atoms with Crippen LogP contribution in [0.5, 0.6) is 0 Å². The molecule has 1 heterocycles. The Labute approximate surface area is 96.2 Å². The molecule has 0 fully saturated rings. The first-order valence-electron chi connectivity index (χ1n) is 4.49. The number of hydrogen-bond donors (Lipinski definition) is 1. The maximum Gasteiger partial charge on any atom is 0.291 e. The quantitative estimate of drug-likeness (QED) is 0.679. The van der Waals surface area contributed by atoms with Crippen molar-refractivity contribution in [2.24, 2.45) is 0 Å². The molecule has 0 saturated heterocycles. The molecule has 0 aliphatic rings. The smallest absolute Gasteiger partial charge is 0.291 e. The first-order valence-corrected chi connectivity index (χ1v) is 5.28. The number of halogens is 1. The van der Waals surface area contributed by atoms with Gasteiger partial charge < -0.3 is 5.32 Å².